The molecule has 42 heavy (non-hydrogen) atoms. The van der Waals surface area contributed by atoms with E-state index in [4.69, 9.17) is 4.74 Å². The van der Waals surface area contributed by atoms with Crippen LogP contribution in [0.2, 0.25) is 0 Å². The van der Waals surface area contributed by atoms with Gasteiger partial charge in [-0.25, -0.2) is 4.79 Å². The number of carbonyl (C=O) groups is 1. The number of rotatable bonds is 3. The van der Waals surface area contributed by atoms with Crippen LogP contribution in [-0.2, 0) is 29.3 Å². The summed E-state index contributed by atoms with van der Waals surface area (Å²) >= 11 is 1.35. The number of piperazine rings is 1. The lowest BCUT2D eigenvalue weighted by atomic mass is 9.88. The number of ether oxygens (including phenoxy) is 1. The number of hydrogen-bond acceptors (Lipinski definition) is 7. The first-order chi connectivity index (χ1) is 20.1. The summed E-state index contributed by atoms with van der Waals surface area (Å²) in [5.41, 5.74) is -0.213. The van der Waals surface area contributed by atoms with Crippen LogP contribution in [0.5, 0.6) is 0 Å². The number of alkyl halides is 3. The van der Waals surface area contributed by atoms with E-state index < -0.39 is 17.4 Å². The van der Waals surface area contributed by atoms with Crippen molar-refractivity contribution in [2.75, 3.05) is 50.0 Å². The van der Waals surface area contributed by atoms with Gasteiger partial charge in [0.1, 0.15) is 5.82 Å². The van der Waals surface area contributed by atoms with Gasteiger partial charge in [-0.1, -0.05) is 24.8 Å². The van der Waals surface area contributed by atoms with Crippen molar-refractivity contribution >= 4 is 45.3 Å². The number of thioether (sulfide) groups is 1. The molecule has 13 heteroatoms. The summed E-state index contributed by atoms with van der Waals surface area (Å²) in [5.74, 6) is 0.487. The second-order valence-corrected chi connectivity index (χ2v) is 12.1. The molecule has 5 heterocycles. The maximum atomic E-state index is 15.1. The highest BCUT2D eigenvalue weighted by atomic mass is 32.2. The molecule has 0 saturated carbocycles. The predicted molar refractivity (Wildman–Crippen MR) is 154 cm³/mol. The number of benzene rings is 2. The van der Waals surface area contributed by atoms with Crippen molar-refractivity contribution in [1.82, 2.24) is 24.2 Å². The molecule has 9 nitrogen and oxygen atoms in total. The van der Waals surface area contributed by atoms with Gasteiger partial charge in [0.05, 0.1) is 36.0 Å². The van der Waals surface area contributed by atoms with Crippen LogP contribution >= 0.6 is 11.8 Å². The minimum Gasteiger partial charge on any atom is -0.380 e. The van der Waals surface area contributed by atoms with Gasteiger partial charge in [-0.2, -0.15) is 23.3 Å². The van der Waals surface area contributed by atoms with E-state index in [9.17, 15) is 9.59 Å². The number of anilines is 1. The minimum atomic E-state index is -4.70. The summed E-state index contributed by atoms with van der Waals surface area (Å²) < 4.78 is 53.9. The Hall–Kier alpha value is -3.84. The van der Waals surface area contributed by atoms with E-state index in [2.05, 4.69) is 16.7 Å². The molecule has 1 spiro atoms. The van der Waals surface area contributed by atoms with E-state index in [0.29, 0.717) is 73.2 Å². The van der Waals surface area contributed by atoms with E-state index in [1.165, 1.54) is 17.8 Å². The molecule has 1 amide bonds. The van der Waals surface area contributed by atoms with Crippen molar-refractivity contribution in [3.8, 4) is 11.1 Å². The second-order valence-electron chi connectivity index (χ2n) is 11.1. The third-order valence-corrected chi connectivity index (χ3v) is 9.88. The quantitative estimate of drug-likeness (QED) is 0.332. The predicted octanol–water partition coefficient (Wildman–Crippen LogP) is 3.93. The zero-order chi connectivity index (χ0) is 29.4. The molecule has 3 aliphatic rings. The van der Waals surface area contributed by atoms with E-state index >= 15 is 13.2 Å². The summed E-state index contributed by atoms with van der Waals surface area (Å²) in [7, 11) is 1.71. The maximum Gasteiger partial charge on any atom is 0.417 e. The molecule has 2 saturated heterocycles. The molecule has 0 radical (unpaired) electrons. The number of nitrogens with zero attached hydrogens (tertiary/aromatic N) is 6. The minimum absolute atomic E-state index is 0.0400. The zero-order valence-electron chi connectivity index (χ0n) is 22.8. The molecule has 3 aliphatic heterocycles. The van der Waals surface area contributed by atoms with Crippen LogP contribution in [0.15, 0.2) is 52.8 Å². The summed E-state index contributed by atoms with van der Waals surface area (Å²) in [5, 5.41) is 5.30. The Morgan fingerprint density at radius 3 is 2.60 bits per heavy atom. The number of para-hydroxylation sites is 1. The highest BCUT2D eigenvalue weighted by molar-refractivity contribution is 7.99. The van der Waals surface area contributed by atoms with Gasteiger partial charge in [-0.3, -0.25) is 14.0 Å². The van der Waals surface area contributed by atoms with Crippen molar-refractivity contribution in [2.24, 2.45) is 12.5 Å². The van der Waals surface area contributed by atoms with Gasteiger partial charge < -0.3 is 14.5 Å². The van der Waals surface area contributed by atoms with Crippen molar-refractivity contribution in [1.29, 1.82) is 0 Å². The van der Waals surface area contributed by atoms with Crippen LogP contribution in [0.25, 0.3) is 32.9 Å². The number of carbonyl (C=O) groups excluding carboxylic acids is 1. The van der Waals surface area contributed by atoms with Crippen LogP contribution in [0.4, 0.5) is 19.0 Å². The molecule has 4 aromatic rings. The summed E-state index contributed by atoms with van der Waals surface area (Å²) in [6.07, 6.45) is -1.82. The summed E-state index contributed by atoms with van der Waals surface area (Å²) in [4.78, 5) is 34.1. The van der Waals surface area contributed by atoms with Gasteiger partial charge in [0.15, 0.2) is 0 Å². The lowest BCUT2D eigenvalue weighted by Gasteiger charge is -2.40. The zero-order valence-corrected chi connectivity index (χ0v) is 23.6. The Morgan fingerprint density at radius 2 is 1.93 bits per heavy atom. The van der Waals surface area contributed by atoms with Crippen molar-refractivity contribution < 1.29 is 22.7 Å². The van der Waals surface area contributed by atoms with E-state index in [1.54, 1.807) is 44.4 Å². The number of amides is 1. The van der Waals surface area contributed by atoms with Crippen molar-refractivity contribution in [3.05, 3.63) is 59.2 Å². The Kier molecular flexibility index (Phi) is 6.17. The van der Waals surface area contributed by atoms with Crippen molar-refractivity contribution in [3.63, 3.8) is 0 Å². The molecule has 0 atom stereocenters. The molecular formula is C29H27F3N6O3S. The Balaban J connectivity index is 1.53. The average Bonchev–Trinajstić information content (AvgIpc) is 3.23. The molecule has 218 valence electrons. The number of aromatic nitrogens is 4. The monoisotopic (exact) mass is 596 g/mol. The Morgan fingerprint density at radius 1 is 1.17 bits per heavy atom. The van der Waals surface area contributed by atoms with Gasteiger partial charge in [0, 0.05) is 77.7 Å². The first-order valence-electron chi connectivity index (χ1n) is 13.6. The van der Waals surface area contributed by atoms with Gasteiger partial charge in [0.25, 0.3) is 0 Å². The fourth-order valence-electron chi connectivity index (χ4n) is 6.29. The molecule has 0 unspecified atom stereocenters. The Bertz CT molecular complexity index is 1840. The van der Waals surface area contributed by atoms with Crippen LogP contribution in [0.1, 0.15) is 5.56 Å². The SMILES string of the molecule is C=CC(=O)N1CCN(c2nc(=O)n3c4c(c(-c5cccc6cnn(C)c56)c(C(F)(F)F)cc24)SCC2(COC2)C3)CC1. The first-order valence-corrected chi connectivity index (χ1v) is 14.6. The lowest BCUT2D eigenvalue weighted by Crippen LogP contribution is -2.50. The average molecular weight is 597 g/mol. The number of halogens is 3. The topological polar surface area (TPSA) is 85.5 Å². The molecule has 0 aliphatic carbocycles. The highest BCUT2D eigenvalue weighted by Gasteiger charge is 2.44. The molecule has 7 rings (SSSR count). The molecule has 2 aromatic carbocycles. The van der Waals surface area contributed by atoms with Gasteiger partial charge in [0.2, 0.25) is 5.91 Å². The number of aryl methyl sites for hydroxylation is 1. The smallest absolute Gasteiger partial charge is 0.380 e. The molecular weight excluding hydrogens is 569 g/mol. The standard InChI is InChI=1S/C29H27F3N6O3S/c1-3-21(39)36-7-9-37(10-8-36)26-19-11-20(29(30,31)32)22(18-6-4-5-17-12-33-35(2)23(17)18)25-24(19)38(27(40)34-26)13-28(16-42-25)14-41-15-28/h3-6,11-12H,1,7-10,13-16H2,2H3. The molecule has 0 N–H and O–H groups in total. The van der Waals surface area contributed by atoms with Crippen LogP contribution in [-0.4, -0.2) is 75.3 Å². The summed E-state index contributed by atoms with van der Waals surface area (Å²) in [6.45, 7) is 6.00. The Labute approximate surface area is 242 Å². The normalized spacial score (nSPS) is 18.4. The van der Waals surface area contributed by atoms with Gasteiger partial charge in [-0.05, 0) is 12.1 Å². The second kappa shape index (κ2) is 9.60. The number of hydrogen-bond donors (Lipinski definition) is 0. The molecule has 2 fully saturated rings. The van der Waals surface area contributed by atoms with E-state index in [1.807, 2.05) is 6.07 Å². The summed E-state index contributed by atoms with van der Waals surface area (Å²) in [6, 6.07) is 6.39. The third-order valence-electron chi connectivity index (χ3n) is 8.43. The van der Waals surface area contributed by atoms with Crippen LogP contribution in [0.3, 0.4) is 0 Å². The largest absolute Gasteiger partial charge is 0.417 e. The number of fused-ring (bicyclic) bond motifs is 1. The fourth-order valence-corrected chi connectivity index (χ4v) is 7.72. The maximum absolute atomic E-state index is 15.1. The fraction of sp³-hybridized carbons (Fsp3) is 0.379. The first kappa shape index (κ1) is 27.0. The van der Waals surface area contributed by atoms with E-state index in [-0.39, 0.29) is 28.1 Å². The van der Waals surface area contributed by atoms with Crippen molar-refractivity contribution in [2.45, 2.75) is 17.6 Å². The van der Waals surface area contributed by atoms with Crippen LogP contribution < -0.4 is 10.6 Å². The lowest BCUT2D eigenvalue weighted by molar-refractivity contribution is -0.137. The highest BCUT2D eigenvalue weighted by Crippen LogP contribution is 2.51. The van der Waals surface area contributed by atoms with E-state index in [0.717, 1.165) is 11.5 Å². The third kappa shape index (κ3) is 4.12. The van der Waals surface area contributed by atoms with Crippen LogP contribution in [0, 0.1) is 5.41 Å². The molecule has 2 aromatic heterocycles. The van der Waals surface area contributed by atoms with Gasteiger partial charge in [-0.15, -0.1) is 11.8 Å². The molecule has 0 bridgehead atoms. The van der Waals surface area contributed by atoms with Gasteiger partial charge >= 0.3 is 11.9 Å².